The minimum atomic E-state index is -0.197. The highest BCUT2D eigenvalue weighted by atomic mass is 32.1. The molecular weight excluding hydrogens is 311 g/mol. The number of hydrogen-bond donors (Lipinski definition) is 1. The lowest BCUT2D eigenvalue weighted by atomic mass is 10.0. The molecule has 2 aromatic rings. The third kappa shape index (κ3) is 4.18. The number of hydrogen-bond acceptors (Lipinski definition) is 3. The number of carbonyl (C=O) groups excluding carboxylic acids is 1. The molecule has 1 aliphatic heterocycles. The van der Waals surface area contributed by atoms with E-state index in [0.717, 1.165) is 30.8 Å². The molecule has 1 unspecified atom stereocenters. The molecule has 0 spiro atoms. The molecule has 1 fully saturated rings. The molecule has 1 aliphatic rings. The highest BCUT2D eigenvalue weighted by Crippen LogP contribution is 2.26. The predicted octanol–water partition coefficient (Wildman–Crippen LogP) is 3.38. The number of likely N-dealkylation sites (tertiary alicyclic amines) is 1. The van der Waals surface area contributed by atoms with Crippen molar-refractivity contribution in [2.24, 2.45) is 0 Å². The van der Waals surface area contributed by atoms with Crippen molar-refractivity contribution >= 4 is 17.2 Å². The van der Waals surface area contributed by atoms with Crippen LogP contribution in [0.1, 0.15) is 29.3 Å². The van der Waals surface area contributed by atoms with E-state index in [1.54, 1.807) is 17.4 Å². The van der Waals surface area contributed by atoms with Gasteiger partial charge in [0.1, 0.15) is 5.82 Å². The van der Waals surface area contributed by atoms with E-state index in [9.17, 15) is 9.18 Å². The van der Waals surface area contributed by atoms with E-state index < -0.39 is 0 Å². The van der Waals surface area contributed by atoms with Crippen LogP contribution in [0.25, 0.3) is 0 Å². The average Bonchev–Trinajstić information content (AvgIpc) is 3.23. The average molecular weight is 332 g/mol. The number of nitrogens with zero attached hydrogens (tertiary/aromatic N) is 1. The summed E-state index contributed by atoms with van der Waals surface area (Å²) in [4.78, 5) is 15.4. The fourth-order valence-corrected chi connectivity index (χ4v) is 3.78. The largest absolute Gasteiger partial charge is 0.354 e. The van der Waals surface area contributed by atoms with Crippen LogP contribution in [0.4, 0.5) is 4.39 Å². The van der Waals surface area contributed by atoms with Gasteiger partial charge >= 0.3 is 0 Å². The van der Waals surface area contributed by atoms with Crippen molar-refractivity contribution in [3.8, 4) is 0 Å². The van der Waals surface area contributed by atoms with Crippen LogP contribution >= 0.6 is 11.3 Å². The molecule has 0 aliphatic carbocycles. The van der Waals surface area contributed by atoms with Gasteiger partial charge in [-0.2, -0.15) is 0 Å². The van der Waals surface area contributed by atoms with E-state index in [4.69, 9.17) is 0 Å². The van der Waals surface area contributed by atoms with Gasteiger partial charge in [-0.25, -0.2) is 4.39 Å². The number of benzene rings is 1. The van der Waals surface area contributed by atoms with Crippen molar-refractivity contribution in [1.29, 1.82) is 0 Å². The number of rotatable bonds is 6. The molecule has 1 amide bonds. The van der Waals surface area contributed by atoms with Gasteiger partial charge in [0.05, 0.1) is 12.5 Å². The van der Waals surface area contributed by atoms with E-state index in [1.165, 1.54) is 6.07 Å². The molecule has 5 heteroatoms. The van der Waals surface area contributed by atoms with Gasteiger partial charge < -0.3 is 5.32 Å². The standard InChI is InChI=1S/C18H21FN2OS/c19-16-8-2-1-7-15(16)17(21-9-3-4-10-21)13-20-18(22)12-14-6-5-11-23-14/h1-2,5-8,11,17H,3-4,9-10,12-13H2,(H,20,22). The highest BCUT2D eigenvalue weighted by Gasteiger charge is 2.25. The van der Waals surface area contributed by atoms with Crippen LogP contribution in [0, 0.1) is 5.82 Å². The lowest BCUT2D eigenvalue weighted by Crippen LogP contribution is -2.37. The molecule has 0 bridgehead atoms. The summed E-state index contributed by atoms with van der Waals surface area (Å²) in [5.74, 6) is -0.204. The van der Waals surface area contributed by atoms with Gasteiger partial charge in [-0.05, 0) is 43.4 Å². The number of thiophene rings is 1. The molecule has 1 atom stereocenters. The van der Waals surface area contributed by atoms with Crippen molar-refractivity contribution in [3.63, 3.8) is 0 Å². The summed E-state index contributed by atoms with van der Waals surface area (Å²) in [5.41, 5.74) is 0.672. The summed E-state index contributed by atoms with van der Waals surface area (Å²) in [6.07, 6.45) is 2.66. The van der Waals surface area contributed by atoms with Crippen LogP contribution in [0.5, 0.6) is 0 Å². The minimum absolute atomic E-state index is 0.00649. The Balaban J connectivity index is 1.66. The number of nitrogens with one attached hydrogen (secondary N) is 1. The Labute approximate surface area is 140 Å². The van der Waals surface area contributed by atoms with Gasteiger partial charge in [0.2, 0.25) is 5.91 Å². The molecular formula is C18H21FN2OS. The number of halogens is 1. The minimum Gasteiger partial charge on any atom is -0.354 e. The molecule has 2 heterocycles. The van der Waals surface area contributed by atoms with E-state index >= 15 is 0 Å². The predicted molar refractivity (Wildman–Crippen MR) is 91.0 cm³/mol. The molecule has 23 heavy (non-hydrogen) atoms. The Morgan fingerprint density at radius 2 is 2.00 bits per heavy atom. The normalized spacial score (nSPS) is 16.4. The summed E-state index contributed by atoms with van der Waals surface area (Å²) in [6, 6.07) is 10.7. The van der Waals surface area contributed by atoms with Crippen molar-refractivity contribution in [2.45, 2.75) is 25.3 Å². The Morgan fingerprint density at radius 3 is 2.70 bits per heavy atom. The van der Waals surface area contributed by atoms with Gasteiger partial charge in [0.15, 0.2) is 0 Å². The van der Waals surface area contributed by atoms with E-state index in [1.807, 2.05) is 29.6 Å². The zero-order chi connectivity index (χ0) is 16.1. The lowest BCUT2D eigenvalue weighted by molar-refractivity contribution is -0.120. The summed E-state index contributed by atoms with van der Waals surface area (Å²) in [7, 11) is 0. The molecule has 1 saturated heterocycles. The van der Waals surface area contributed by atoms with Gasteiger partial charge in [0.25, 0.3) is 0 Å². The lowest BCUT2D eigenvalue weighted by Gasteiger charge is -2.28. The van der Waals surface area contributed by atoms with Gasteiger partial charge in [0, 0.05) is 17.0 Å². The molecule has 3 nitrogen and oxygen atoms in total. The SMILES string of the molecule is O=C(Cc1cccs1)NCC(c1ccccc1F)N1CCCC1. The fourth-order valence-electron chi connectivity index (χ4n) is 3.08. The second-order valence-corrected chi connectivity index (χ2v) is 6.87. The summed E-state index contributed by atoms with van der Waals surface area (Å²) in [6.45, 7) is 2.37. The Bertz CT molecular complexity index is 638. The topological polar surface area (TPSA) is 32.3 Å². The molecule has 1 N–H and O–H groups in total. The zero-order valence-electron chi connectivity index (χ0n) is 13.0. The summed E-state index contributed by atoms with van der Waals surface area (Å²) in [5, 5.41) is 4.95. The van der Waals surface area contributed by atoms with Crippen LogP contribution in [0.15, 0.2) is 41.8 Å². The van der Waals surface area contributed by atoms with Gasteiger partial charge in [-0.1, -0.05) is 24.3 Å². The summed E-state index contributed by atoms with van der Waals surface area (Å²) >= 11 is 1.58. The third-order valence-corrected chi connectivity index (χ3v) is 5.13. The van der Waals surface area contributed by atoms with E-state index in [0.29, 0.717) is 18.5 Å². The maximum Gasteiger partial charge on any atom is 0.225 e. The van der Waals surface area contributed by atoms with Crippen LogP contribution in [-0.2, 0) is 11.2 Å². The van der Waals surface area contributed by atoms with Crippen molar-refractivity contribution in [2.75, 3.05) is 19.6 Å². The molecule has 1 aromatic carbocycles. The molecule has 1 aromatic heterocycles. The van der Waals surface area contributed by atoms with E-state index in [-0.39, 0.29) is 17.8 Å². The zero-order valence-corrected chi connectivity index (χ0v) is 13.8. The van der Waals surface area contributed by atoms with Crippen LogP contribution < -0.4 is 5.32 Å². The quantitative estimate of drug-likeness (QED) is 0.879. The fraction of sp³-hybridized carbons (Fsp3) is 0.389. The van der Waals surface area contributed by atoms with Gasteiger partial charge in [-0.15, -0.1) is 11.3 Å². The molecule has 0 radical (unpaired) electrons. The van der Waals surface area contributed by atoms with Crippen molar-refractivity contribution in [3.05, 3.63) is 58.0 Å². The highest BCUT2D eigenvalue weighted by molar-refractivity contribution is 7.10. The smallest absolute Gasteiger partial charge is 0.225 e. The summed E-state index contributed by atoms with van der Waals surface area (Å²) < 4.78 is 14.2. The first kappa shape index (κ1) is 16.1. The maximum atomic E-state index is 14.2. The third-order valence-electron chi connectivity index (χ3n) is 4.25. The first-order chi connectivity index (χ1) is 11.2. The molecule has 3 rings (SSSR count). The monoisotopic (exact) mass is 332 g/mol. The maximum absolute atomic E-state index is 14.2. The second-order valence-electron chi connectivity index (χ2n) is 5.84. The molecule has 122 valence electrons. The van der Waals surface area contributed by atoms with Crippen molar-refractivity contribution < 1.29 is 9.18 Å². The first-order valence-electron chi connectivity index (χ1n) is 8.01. The Kier molecular flexibility index (Phi) is 5.41. The van der Waals surface area contributed by atoms with E-state index in [2.05, 4.69) is 10.2 Å². The Morgan fingerprint density at radius 1 is 1.22 bits per heavy atom. The van der Waals surface area contributed by atoms with Crippen LogP contribution in [0.3, 0.4) is 0 Å². The molecule has 0 saturated carbocycles. The first-order valence-corrected chi connectivity index (χ1v) is 8.89. The number of amides is 1. The Hall–Kier alpha value is -1.72. The van der Waals surface area contributed by atoms with Gasteiger partial charge in [-0.3, -0.25) is 9.69 Å². The van der Waals surface area contributed by atoms with Crippen LogP contribution in [0.2, 0.25) is 0 Å². The van der Waals surface area contributed by atoms with Crippen molar-refractivity contribution in [1.82, 2.24) is 10.2 Å². The number of carbonyl (C=O) groups is 1. The van der Waals surface area contributed by atoms with Crippen LogP contribution in [-0.4, -0.2) is 30.4 Å². The second kappa shape index (κ2) is 7.70.